The average molecular weight is 329 g/mol. The second-order valence-electron chi connectivity index (χ2n) is 5.57. The number of hydrogen-bond donors (Lipinski definition) is 4. The summed E-state index contributed by atoms with van der Waals surface area (Å²) in [6.07, 6.45) is 0.669. The molecule has 2 rings (SSSR count). The van der Waals surface area contributed by atoms with E-state index in [4.69, 9.17) is 0 Å². The largest absolute Gasteiger partial charge is 0.507 e. The number of hydrogen-bond acceptors (Lipinski definition) is 4. The fourth-order valence-electron chi connectivity index (χ4n) is 2.42. The van der Waals surface area contributed by atoms with Crippen molar-refractivity contribution in [3.05, 3.63) is 59.2 Å². The van der Waals surface area contributed by atoms with E-state index >= 15 is 0 Å². The Morgan fingerprint density at radius 3 is 2.21 bits per heavy atom. The Balaban J connectivity index is 2.10. The van der Waals surface area contributed by atoms with E-state index in [9.17, 15) is 24.9 Å². The van der Waals surface area contributed by atoms with Crippen LogP contribution in [0, 0.1) is 6.92 Å². The predicted octanol–water partition coefficient (Wildman–Crippen LogP) is 2.22. The third-order valence-corrected chi connectivity index (χ3v) is 3.64. The zero-order chi connectivity index (χ0) is 17.7. The minimum atomic E-state index is -1.18. The number of phenols is 2. The maximum atomic E-state index is 12.2. The van der Waals surface area contributed by atoms with Gasteiger partial charge in [-0.3, -0.25) is 4.79 Å². The van der Waals surface area contributed by atoms with Crippen molar-refractivity contribution in [2.45, 2.75) is 25.8 Å². The summed E-state index contributed by atoms with van der Waals surface area (Å²) in [7, 11) is 0. The van der Waals surface area contributed by atoms with Crippen LogP contribution in [0.1, 0.15) is 27.9 Å². The first-order chi connectivity index (χ1) is 11.4. The number of phenolic OH excluding ortho intramolecular Hbond substituents is 2. The standard InChI is InChI=1S/C18H19NO5/c1-11-9-14(20)16(15(21)10-11)17(22)19-13(18(23)24)8-7-12-5-3-2-4-6-12/h2-6,9-10,13,20-21H,7-8H2,1H3,(H,19,22)(H,23,24)/t13-/m0/s1. The Bertz CT molecular complexity index is 719. The van der Waals surface area contributed by atoms with Crippen LogP contribution in [-0.2, 0) is 11.2 Å². The summed E-state index contributed by atoms with van der Waals surface area (Å²) in [6.45, 7) is 1.65. The third-order valence-electron chi connectivity index (χ3n) is 3.64. The van der Waals surface area contributed by atoms with Gasteiger partial charge in [0.25, 0.3) is 5.91 Å². The van der Waals surface area contributed by atoms with Gasteiger partial charge in [0, 0.05) is 0 Å². The minimum Gasteiger partial charge on any atom is -0.507 e. The van der Waals surface area contributed by atoms with Gasteiger partial charge in [0.1, 0.15) is 23.1 Å². The van der Waals surface area contributed by atoms with E-state index in [0.29, 0.717) is 12.0 Å². The number of aryl methyl sites for hydroxylation is 2. The SMILES string of the molecule is Cc1cc(O)c(C(=O)N[C@@H](CCc2ccccc2)C(=O)O)c(O)c1. The van der Waals surface area contributed by atoms with Crippen LogP contribution in [-0.4, -0.2) is 33.2 Å². The Morgan fingerprint density at radius 1 is 1.08 bits per heavy atom. The molecule has 0 radical (unpaired) electrons. The van der Waals surface area contributed by atoms with Crippen LogP contribution in [0.2, 0.25) is 0 Å². The average Bonchev–Trinajstić information content (AvgIpc) is 2.51. The number of rotatable bonds is 6. The molecular weight excluding hydrogens is 310 g/mol. The molecule has 4 N–H and O–H groups in total. The van der Waals surface area contributed by atoms with E-state index in [1.807, 2.05) is 30.3 Å². The fourth-order valence-corrected chi connectivity index (χ4v) is 2.42. The molecule has 0 saturated heterocycles. The molecule has 1 atom stereocenters. The lowest BCUT2D eigenvalue weighted by Crippen LogP contribution is -2.41. The lowest BCUT2D eigenvalue weighted by atomic mass is 10.0. The molecule has 0 aliphatic carbocycles. The van der Waals surface area contributed by atoms with Gasteiger partial charge in [0.2, 0.25) is 0 Å². The monoisotopic (exact) mass is 329 g/mol. The topological polar surface area (TPSA) is 107 Å². The van der Waals surface area contributed by atoms with E-state index in [1.54, 1.807) is 6.92 Å². The molecule has 0 heterocycles. The molecule has 0 fully saturated rings. The van der Waals surface area contributed by atoms with Crippen molar-refractivity contribution in [1.29, 1.82) is 0 Å². The van der Waals surface area contributed by atoms with Crippen molar-refractivity contribution in [2.75, 3.05) is 0 Å². The van der Waals surface area contributed by atoms with Gasteiger partial charge < -0.3 is 20.6 Å². The summed E-state index contributed by atoms with van der Waals surface area (Å²) in [4.78, 5) is 23.6. The highest BCUT2D eigenvalue weighted by Gasteiger charge is 2.24. The second-order valence-corrected chi connectivity index (χ2v) is 5.57. The molecule has 24 heavy (non-hydrogen) atoms. The number of carbonyl (C=O) groups excluding carboxylic acids is 1. The van der Waals surface area contributed by atoms with Crippen LogP contribution in [0.4, 0.5) is 0 Å². The summed E-state index contributed by atoms with van der Waals surface area (Å²) < 4.78 is 0. The smallest absolute Gasteiger partial charge is 0.326 e. The summed E-state index contributed by atoms with van der Waals surface area (Å²) in [5.74, 6) is -2.79. The van der Waals surface area contributed by atoms with Gasteiger partial charge in [-0.1, -0.05) is 30.3 Å². The zero-order valence-corrected chi connectivity index (χ0v) is 13.2. The van der Waals surface area contributed by atoms with Crippen LogP contribution in [0.15, 0.2) is 42.5 Å². The number of nitrogens with one attached hydrogen (secondary N) is 1. The number of carboxylic acids is 1. The number of aromatic hydroxyl groups is 2. The second kappa shape index (κ2) is 7.50. The molecule has 2 aromatic carbocycles. The highest BCUT2D eigenvalue weighted by atomic mass is 16.4. The number of aliphatic carboxylic acids is 1. The molecule has 1 amide bonds. The summed E-state index contributed by atoms with van der Waals surface area (Å²) >= 11 is 0. The van der Waals surface area contributed by atoms with Crippen molar-refractivity contribution in [1.82, 2.24) is 5.32 Å². The molecule has 6 heteroatoms. The zero-order valence-electron chi connectivity index (χ0n) is 13.2. The molecule has 0 spiro atoms. The van der Waals surface area contributed by atoms with Crippen molar-refractivity contribution in [2.24, 2.45) is 0 Å². The summed E-state index contributed by atoms with van der Waals surface area (Å²) in [5.41, 5.74) is 1.21. The lowest BCUT2D eigenvalue weighted by molar-refractivity contribution is -0.139. The first-order valence-electron chi connectivity index (χ1n) is 7.48. The first-order valence-corrected chi connectivity index (χ1v) is 7.48. The van der Waals surface area contributed by atoms with E-state index in [2.05, 4.69) is 5.32 Å². The molecule has 0 aromatic heterocycles. The van der Waals surface area contributed by atoms with Crippen molar-refractivity contribution >= 4 is 11.9 Å². The molecule has 0 aliphatic heterocycles. The third kappa shape index (κ3) is 4.25. The highest BCUT2D eigenvalue weighted by molar-refractivity contribution is 6.01. The van der Waals surface area contributed by atoms with Gasteiger partial charge in [-0.05, 0) is 43.0 Å². The number of benzene rings is 2. The van der Waals surface area contributed by atoms with E-state index < -0.39 is 29.4 Å². The Kier molecular flexibility index (Phi) is 5.42. The maximum absolute atomic E-state index is 12.2. The van der Waals surface area contributed by atoms with Gasteiger partial charge in [-0.2, -0.15) is 0 Å². The van der Waals surface area contributed by atoms with Crippen molar-refractivity contribution in [3.8, 4) is 11.5 Å². The van der Waals surface area contributed by atoms with Crippen molar-refractivity contribution in [3.63, 3.8) is 0 Å². The van der Waals surface area contributed by atoms with E-state index in [0.717, 1.165) is 5.56 Å². The molecule has 0 bridgehead atoms. The fraction of sp³-hybridized carbons (Fsp3) is 0.222. The normalized spacial score (nSPS) is 11.7. The first kappa shape index (κ1) is 17.3. The van der Waals surface area contributed by atoms with Crippen LogP contribution in [0.5, 0.6) is 11.5 Å². The van der Waals surface area contributed by atoms with Crippen LogP contribution >= 0.6 is 0 Å². The van der Waals surface area contributed by atoms with E-state index in [1.165, 1.54) is 12.1 Å². The predicted molar refractivity (Wildman–Crippen MR) is 88.2 cm³/mol. The van der Waals surface area contributed by atoms with Crippen molar-refractivity contribution < 1.29 is 24.9 Å². The highest BCUT2D eigenvalue weighted by Crippen LogP contribution is 2.28. The number of carbonyl (C=O) groups is 2. The Hall–Kier alpha value is -3.02. The number of carboxylic acid groups (broad SMARTS) is 1. The van der Waals surface area contributed by atoms with Gasteiger partial charge in [-0.25, -0.2) is 4.79 Å². The molecule has 2 aromatic rings. The maximum Gasteiger partial charge on any atom is 0.326 e. The lowest BCUT2D eigenvalue weighted by Gasteiger charge is -2.16. The quantitative estimate of drug-likeness (QED) is 0.650. The van der Waals surface area contributed by atoms with Gasteiger partial charge in [0.05, 0.1) is 0 Å². The molecule has 6 nitrogen and oxygen atoms in total. The molecule has 126 valence electrons. The number of amides is 1. The van der Waals surface area contributed by atoms with Crippen LogP contribution < -0.4 is 5.32 Å². The van der Waals surface area contributed by atoms with Crippen LogP contribution in [0.3, 0.4) is 0 Å². The van der Waals surface area contributed by atoms with Gasteiger partial charge in [0.15, 0.2) is 0 Å². The Labute approximate surface area is 139 Å². The van der Waals surface area contributed by atoms with Gasteiger partial charge >= 0.3 is 5.97 Å². The molecular formula is C18H19NO5. The van der Waals surface area contributed by atoms with E-state index in [-0.39, 0.29) is 12.0 Å². The molecule has 0 unspecified atom stereocenters. The van der Waals surface area contributed by atoms with Gasteiger partial charge in [-0.15, -0.1) is 0 Å². The molecule has 0 saturated carbocycles. The minimum absolute atomic E-state index is 0.193. The van der Waals surface area contributed by atoms with Crippen LogP contribution in [0.25, 0.3) is 0 Å². The summed E-state index contributed by atoms with van der Waals surface area (Å²) in [6, 6.07) is 10.8. The Morgan fingerprint density at radius 2 is 1.67 bits per heavy atom. The molecule has 0 aliphatic rings. The summed E-state index contributed by atoms with van der Waals surface area (Å²) in [5, 5.41) is 31.3.